The van der Waals surface area contributed by atoms with Crippen molar-refractivity contribution in [1.29, 1.82) is 0 Å². The standard InChI is InChI=1S/C36H28Cl2N4O3S4/c37-25-5-13-29(14-6-25)46-19-17-33(43)41-35-39-31(21-48-35)23-1-9-27(10-2-23)45-28-11-3-24(4-12-28)32-22-49-36(40-32)42-34(44)18-20-47-30-15-7-26(38)8-16-30/h1-16,21-22H,17-20H2,(H,39,41,43)(H,40,42,44). The second kappa shape index (κ2) is 17.2. The number of nitrogens with zero attached hydrogens (tertiary/aromatic N) is 2. The maximum atomic E-state index is 12.4. The Morgan fingerprint density at radius 2 is 0.980 bits per heavy atom. The number of halogens is 2. The van der Waals surface area contributed by atoms with Crippen LogP contribution >= 0.6 is 69.4 Å². The fourth-order valence-electron chi connectivity index (χ4n) is 4.40. The first-order valence-corrected chi connectivity index (χ1v) is 19.5. The van der Waals surface area contributed by atoms with Gasteiger partial charge in [-0.15, -0.1) is 46.2 Å². The highest BCUT2D eigenvalue weighted by Gasteiger charge is 2.11. The number of ether oxygens (including phenoxy) is 1. The van der Waals surface area contributed by atoms with Crippen LogP contribution in [0.1, 0.15) is 12.8 Å². The van der Waals surface area contributed by atoms with Gasteiger partial charge in [0, 0.05) is 66.1 Å². The number of rotatable bonds is 14. The van der Waals surface area contributed by atoms with Crippen molar-refractivity contribution in [2.45, 2.75) is 22.6 Å². The fourth-order valence-corrected chi connectivity index (χ4v) is 7.83. The van der Waals surface area contributed by atoms with Crippen LogP contribution in [-0.2, 0) is 9.59 Å². The van der Waals surface area contributed by atoms with Crippen LogP contribution in [0.25, 0.3) is 22.5 Å². The second-order valence-corrected chi connectivity index (χ2v) is 15.4. The van der Waals surface area contributed by atoms with Crippen molar-refractivity contribution in [3.05, 3.63) is 118 Å². The second-order valence-electron chi connectivity index (χ2n) is 10.4. The molecule has 0 aliphatic carbocycles. The molecule has 2 aromatic heterocycles. The molecule has 0 aliphatic heterocycles. The summed E-state index contributed by atoms with van der Waals surface area (Å²) in [5.74, 6) is 2.55. The number of hydrogen-bond acceptors (Lipinski definition) is 9. The summed E-state index contributed by atoms with van der Waals surface area (Å²) >= 11 is 17.9. The molecule has 0 spiro atoms. The van der Waals surface area contributed by atoms with Crippen molar-refractivity contribution < 1.29 is 14.3 Å². The Morgan fingerprint density at radius 3 is 1.37 bits per heavy atom. The van der Waals surface area contributed by atoms with E-state index in [4.69, 9.17) is 27.9 Å². The van der Waals surface area contributed by atoms with E-state index in [2.05, 4.69) is 20.6 Å². The summed E-state index contributed by atoms with van der Waals surface area (Å²) in [6.45, 7) is 0. The van der Waals surface area contributed by atoms with Gasteiger partial charge in [-0.1, -0.05) is 23.2 Å². The van der Waals surface area contributed by atoms with Crippen LogP contribution in [0.2, 0.25) is 10.0 Å². The topological polar surface area (TPSA) is 93.2 Å². The van der Waals surface area contributed by atoms with Gasteiger partial charge in [-0.25, -0.2) is 9.97 Å². The molecular weight excluding hydrogens is 736 g/mol. The lowest BCUT2D eigenvalue weighted by atomic mass is 10.1. The van der Waals surface area contributed by atoms with E-state index in [9.17, 15) is 9.59 Å². The molecule has 6 aromatic rings. The summed E-state index contributed by atoms with van der Waals surface area (Å²) in [5.41, 5.74) is 3.40. The summed E-state index contributed by atoms with van der Waals surface area (Å²) in [7, 11) is 0. The summed E-state index contributed by atoms with van der Waals surface area (Å²) in [6, 6.07) is 30.5. The highest BCUT2D eigenvalue weighted by Crippen LogP contribution is 2.31. The van der Waals surface area contributed by atoms with E-state index >= 15 is 0 Å². The Bertz CT molecular complexity index is 1860. The van der Waals surface area contributed by atoms with Gasteiger partial charge in [0.2, 0.25) is 11.8 Å². The lowest BCUT2D eigenvalue weighted by Gasteiger charge is -2.07. The van der Waals surface area contributed by atoms with E-state index in [1.165, 1.54) is 22.7 Å². The smallest absolute Gasteiger partial charge is 0.226 e. The number of thiazole rings is 2. The predicted molar refractivity (Wildman–Crippen MR) is 206 cm³/mol. The van der Waals surface area contributed by atoms with Gasteiger partial charge in [-0.05, 0) is 97.1 Å². The van der Waals surface area contributed by atoms with Crippen LogP contribution in [0.4, 0.5) is 10.3 Å². The molecule has 0 aliphatic rings. The SMILES string of the molecule is O=C(CCSc1ccc(Cl)cc1)Nc1nc(-c2ccc(Oc3ccc(-c4csc(NC(=O)CCSc5ccc(Cl)cc5)n4)cc3)cc2)cs1. The van der Waals surface area contributed by atoms with Crippen molar-refractivity contribution >= 4 is 91.5 Å². The van der Waals surface area contributed by atoms with Gasteiger partial charge in [0.1, 0.15) is 11.5 Å². The van der Waals surface area contributed by atoms with Crippen LogP contribution in [0.15, 0.2) is 118 Å². The summed E-state index contributed by atoms with van der Waals surface area (Å²) in [4.78, 5) is 36.2. The Hall–Kier alpha value is -3.84. The molecule has 6 rings (SSSR count). The molecule has 0 saturated heterocycles. The molecule has 49 heavy (non-hydrogen) atoms. The number of carbonyl (C=O) groups is 2. The molecule has 0 atom stereocenters. The molecule has 248 valence electrons. The fraction of sp³-hybridized carbons (Fsp3) is 0.111. The molecule has 13 heteroatoms. The number of amides is 2. The normalized spacial score (nSPS) is 10.9. The molecule has 4 aromatic carbocycles. The number of anilines is 2. The van der Waals surface area contributed by atoms with E-state index in [1.54, 1.807) is 23.5 Å². The number of hydrogen-bond donors (Lipinski definition) is 2. The lowest BCUT2D eigenvalue weighted by Crippen LogP contribution is -2.11. The highest BCUT2D eigenvalue weighted by atomic mass is 35.5. The first-order chi connectivity index (χ1) is 23.9. The molecule has 0 bridgehead atoms. The predicted octanol–water partition coefficient (Wildman–Crippen LogP) is 11.3. The quantitative estimate of drug-likeness (QED) is 0.107. The Balaban J connectivity index is 0.944. The molecule has 7 nitrogen and oxygen atoms in total. The van der Waals surface area contributed by atoms with Crippen LogP contribution in [-0.4, -0.2) is 33.3 Å². The maximum absolute atomic E-state index is 12.4. The average Bonchev–Trinajstić information content (AvgIpc) is 3.77. The van der Waals surface area contributed by atoms with Gasteiger partial charge in [-0.3, -0.25) is 9.59 Å². The first-order valence-electron chi connectivity index (χ1n) is 15.0. The van der Waals surface area contributed by atoms with Crippen molar-refractivity contribution in [3.8, 4) is 34.0 Å². The summed E-state index contributed by atoms with van der Waals surface area (Å²) < 4.78 is 6.06. The molecule has 0 fully saturated rings. The third-order valence-electron chi connectivity index (χ3n) is 6.86. The zero-order chi connectivity index (χ0) is 34.0. The molecule has 0 unspecified atom stereocenters. The largest absolute Gasteiger partial charge is 0.457 e. The Morgan fingerprint density at radius 1 is 0.592 bits per heavy atom. The minimum atomic E-state index is -0.0737. The van der Waals surface area contributed by atoms with E-state index in [1.807, 2.05) is 108 Å². The number of benzene rings is 4. The van der Waals surface area contributed by atoms with E-state index in [0.29, 0.717) is 56.2 Å². The van der Waals surface area contributed by atoms with Crippen LogP contribution in [0, 0.1) is 0 Å². The van der Waals surface area contributed by atoms with E-state index in [-0.39, 0.29) is 11.8 Å². The molecule has 2 N–H and O–H groups in total. The van der Waals surface area contributed by atoms with Crippen molar-refractivity contribution in [3.63, 3.8) is 0 Å². The molecule has 2 amide bonds. The van der Waals surface area contributed by atoms with Gasteiger partial charge in [0.15, 0.2) is 10.3 Å². The number of aromatic nitrogens is 2. The van der Waals surface area contributed by atoms with Crippen LogP contribution in [0.5, 0.6) is 11.5 Å². The molecule has 2 heterocycles. The molecule has 0 saturated carbocycles. The monoisotopic (exact) mass is 762 g/mol. The van der Waals surface area contributed by atoms with E-state index in [0.717, 1.165) is 32.3 Å². The zero-order valence-corrected chi connectivity index (χ0v) is 30.5. The van der Waals surface area contributed by atoms with Crippen molar-refractivity contribution in [2.75, 3.05) is 22.1 Å². The summed E-state index contributed by atoms with van der Waals surface area (Å²) in [5, 5.41) is 12.1. The zero-order valence-electron chi connectivity index (χ0n) is 25.7. The summed E-state index contributed by atoms with van der Waals surface area (Å²) in [6.07, 6.45) is 0.759. The lowest BCUT2D eigenvalue weighted by molar-refractivity contribution is -0.116. The van der Waals surface area contributed by atoms with E-state index < -0.39 is 0 Å². The minimum Gasteiger partial charge on any atom is -0.457 e. The van der Waals surface area contributed by atoms with Crippen molar-refractivity contribution in [1.82, 2.24) is 9.97 Å². The Labute approximate surface area is 310 Å². The van der Waals surface area contributed by atoms with Gasteiger partial charge >= 0.3 is 0 Å². The number of nitrogens with one attached hydrogen (secondary N) is 2. The average molecular weight is 764 g/mol. The molecular formula is C36H28Cl2N4O3S4. The van der Waals surface area contributed by atoms with Gasteiger partial charge < -0.3 is 15.4 Å². The highest BCUT2D eigenvalue weighted by molar-refractivity contribution is 7.99. The minimum absolute atomic E-state index is 0.0737. The maximum Gasteiger partial charge on any atom is 0.226 e. The first kappa shape index (κ1) is 35.0. The number of carbonyl (C=O) groups excluding carboxylic acids is 2. The van der Waals surface area contributed by atoms with Crippen LogP contribution in [0.3, 0.4) is 0 Å². The Kier molecular flexibility index (Phi) is 12.3. The van der Waals surface area contributed by atoms with Crippen LogP contribution < -0.4 is 15.4 Å². The third kappa shape index (κ3) is 10.6. The van der Waals surface area contributed by atoms with Crippen molar-refractivity contribution in [2.24, 2.45) is 0 Å². The molecule has 0 radical (unpaired) electrons. The van der Waals surface area contributed by atoms with Gasteiger partial charge in [0.25, 0.3) is 0 Å². The number of thioether (sulfide) groups is 2. The van der Waals surface area contributed by atoms with Gasteiger partial charge in [0.05, 0.1) is 11.4 Å². The third-order valence-corrected chi connectivity index (χ3v) is 10.9. The van der Waals surface area contributed by atoms with Gasteiger partial charge in [-0.2, -0.15) is 0 Å².